The van der Waals surface area contributed by atoms with Gasteiger partial charge in [-0.2, -0.15) is 4.98 Å². The number of aromatic nitrogens is 4. The van der Waals surface area contributed by atoms with Crippen molar-refractivity contribution in [2.24, 2.45) is 0 Å². The molecule has 0 unspecified atom stereocenters. The number of piperidine rings is 1. The van der Waals surface area contributed by atoms with Crippen molar-refractivity contribution < 1.29 is 18.7 Å². The summed E-state index contributed by atoms with van der Waals surface area (Å²) >= 11 is 0. The van der Waals surface area contributed by atoms with Gasteiger partial charge < -0.3 is 20.6 Å². The predicted molar refractivity (Wildman–Crippen MR) is 121 cm³/mol. The smallest absolute Gasteiger partial charge is 0.407 e. The summed E-state index contributed by atoms with van der Waals surface area (Å²) in [6, 6.07) is 5.95. The highest BCUT2D eigenvalue weighted by Gasteiger charge is 2.28. The lowest BCUT2D eigenvalue weighted by Crippen LogP contribution is -2.38. The molecule has 11 heteroatoms. The average molecular weight is 460 g/mol. The van der Waals surface area contributed by atoms with E-state index in [-0.39, 0.29) is 17.1 Å². The van der Waals surface area contributed by atoms with Crippen LogP contribution in [0, 0.1) is 0 Å². The van der Waals surface area contributed by atoms with E-state index in [0.717, 1.165) is 0 Å². The summed E-state index contributed by atoms with van der Waals surface area (Å²) < 4.78 is 28.3. The Kier molecular flexibility index (Phi) is 6.05. The molecule has 176 valence electrons. The first-order valence-electron chi connectivity index (χ1n) is 10.8. The molecule has 1 aromatic carbocycles. The van der Waals surface area contributed by atoms with Gasteiger partial charge >= 0.3 is 6.09 Å². The Balaban J connectivity index is 1.74. The number of hydrogen-bond donors (Lipinski definition) is 3. The molecule has 1 aliphatic heterocycles. The fourth-order valence-electron chi connectivity index (χ4n) is 3.92. The van der Waals surface area contributed by atoms with Crippen molar-refractivity contribution >= 4 is 34.8 Å². The topological polar surface area (TPSA) is 108 Å². The van der Waals surface area contributed by atoms with E-state index in [9.17, 15) is 18.7 Å². The normalized spacial score (nSPS) is 15.3. The summed E-state index contributed by atoms with van der Waals surface area (Å²) in [6.07, 6.45) is -0.738. The number of fused-ring (bicyclic) bond motifs is 1. The van der Waals surface area contributed by atoms with Gasteiger partial charge in [0.05, 0.1) is 6.20 Å². The van der Waals surface area contributed by atoms with Gasteiger partial charge in [-0.25, -0.2) is 23.5 Å². The van der Waals surface area contributed by atoms with Crippen LogP contribution in [0.2, 0.25) is 0 Å². The third-order valence-corrected chi connectivity index (χ3v) is 5.41. The number of benzene rings is 1. The molecule has 0 spiro atoms. The molecule has 1 amide bonds. The Bertz CT molecular complexity index is 1150. The molecular formula is C22H27F2N7O2. The van der Waals surface area contributed by atoms with Gasteiger partial charge in [0.15, 0.2) is 5.65 Å². The van der Waals surface area contributed by atoms with E-state index < -0.39 is 12.5 Å². The van der Waals surface area contributed by atoms with E-state index in [1.807, 2.05) is 25.3 Å². The Morgan fingerprint density at radius 2 is 1.94 bits per heavy atom. The molecule has 1 saturated heterocycles. The number of anilines is 3. The number of nitrogens with zero attached hydrogens (tertiary/aromatic N) is 5. The lowest BCUT2D eigenvalue weighted by molar-refractivity contribution is 0.126. The first kappa shape index (κ1) is 22.7. The molecule has 2 aromatic heterocycles. The fraction of sp³-hybridized carbons (Fsp3) is 0.455. The lowest BCUT2D eigenvalue weighted by Gasteiger charge is -2.31. The van der Waals surface area contributed by atoms with Crippen LogP contribution in [0.3, 0.4) is 0 Å². The Morgan fingerprint density at radius 1 is 1.21 bits per heavy atom. The summed E-state index contributed by atoms with van der Waals surface area (Å²) in [5.74, 6) is 0.901. The number of likely N-dealkylation sites (tertiary alicyclic amines) is 1. The van der Waals surface area contributed by atoms with Crippen molar-refractivity contribution in [3.8, 4) is 0 Å². The summed E-state index contributed by atoms with van der Waals surface area (Å²) in [7, 11) is 0. The predicted octanol–water partition coefficient (Wildman–Crippen LogP) is 5.03. The van der Waals surface area contributed by atoms with Gasteiger partial charge in [-0.05, 0) is 45.7 Å². The second kappa shape index (κ2) is 8.80. The monoisotopic (exact) mass is 459 g/mol. The second-order valence-corrected chi connectivity index (χ2v) is 9.13. The molecule has 4 rings (SSSR count). The zero-order valence-electron chi connectivity index (χ0n) is 18.7. The van der Waals surface area contributed by atoms with Crippen molar-refractivity contribution in [2.45, 2.75) is 51.6 Å². The van der Waals surface area contributed by atoms with Crippen LogP contribution in [0.15, 0.2) is 30.5 Å². The van der Waals surface area contributed by atoms with Gasteiger partial charge in [-0.15, -0.1) is 0 Å². The van der Waals surface area contributed by atoms with Crippen LogP contribution in [0.5, 0.6) is 0 Å². The highest BCUT2D eigenvalue weighted by atomic mass is 19.3. The lowest BCUT2D eigenvalue weighted by atomic mass is 10.1. The number of alkyl halides is 2. The minimum Gasteiger partial charge on any atom is -0.465 e. The van der Waals surface area contributed by atoms with Crippen molar-refractivity contribution in [1.82, 2.24) is 24.4 Å². The summed E-state index contributed by atoms with van der Waals surface area (Å²) in [5, 5.41) is 15.7. The molecule has 3 aromatic rings. The first-order chi connectivity index (χ1) is 15.6. The van der Waals surface area contributed by atoms with E-state index in [2.05, 4.69) is 25.6 Å². The number of nitrogens with one attached hydrogen (secondary N) is 2. The number of imidazole rings is 1. The number of carbonyl (C=O) groups is 1. The van der Waals surface area contributed by atoms with Gasteiger partial charge in [0.1, 0.15) is 5.52 Å². The molecule has 0 saturated carbocycles. The van der Waals surface area contributed by atoms with Gasteiger partial charge in [-0.3, -0.25) is 4.57 Å². The molecular weight excluding hydrogens is 432 g/mol. The highest BCUT2D eigenvalue weighted by Crippen LogP contribution is 2.33. The minimum atomic E-state index is -2.58. The van der Waals surface area contributed by atoms with Crippen LogP contribution in [-0.2, 0) is 0 Å². The molecule has 0 atom stereocenters. The van der Waals surface area contributed by atoms with E-state index in [1.165, 1.54) is 17.0 Å². The van der Waals surface area contributed by atoms with Crippen LogP contribution in [-0.4, -0.2) is 54.2 Å². The van der Waals surface area contributed by atoms with Crippen molar-refractivity contribution in [1.29, 1.82) is 0 Å². The van der Waals surface area contributed by atoms with Crippen LogP contribution < -0.4 is 10.6 Å². The van der Waals surface area contributed by atoms with Crippen molar-refractivity contribution in [3.05, 3.63) is 36.0 Å². The maximum atomic E-state index is 13.2. The van der Waals surface area contributed by atoms with Crippen molar-refractivity contribution in [3.63, 3.8) is 0 Å². The number of halogens is 2. The SMILES string of the molecule is CC(C)(C)Nc1ncc2nc(Nc3cccc(C(F)F)c3)n(C3CCN(C(=O)O)CC3)c2n1. The van der Waals surface area contributed by atoms with E-state index in [1.54, 1.807) is 18.3 Å². The maximum absolute atomic E-state index is 13.2. The highest BCUT2D eigenvalue weighted by molar-refractivity contribution is 5.77. The largest absolute Gasteiger partial charge is 0.465 e. The molecule has 0 aliphatic carbocycles. The van der Waals surface area contributed by atoms with Gasteiger partial charge in [0.25, 0.3) is 6.43 Å². The number of carboxylic acid groups (broad SMARTS) is 1. The van der Waals surface area contributed by atoms with Crippen molar-refractivity contribution in [2.75, 3.05) is 23.7 Å². The summed E-state index contributed by atoms with van der Waals surface area (Å²) in [5.41, 5.74) is 1.30. The summed E-state index contributed by atoms with van der Waals surface area (Å²) in [6.45, 7) is 6.78. The third-order valence-electron chi connectivity index (χ3n) is 5.41. The fourth-order valence-corrected chi connectivity index (χ4v) is 3.92. The Hall–Kier alpha value is -3.50. The van der Waals surface area contributed by atoms with Crippen LogP contribution in [0.4, 0.5) is 31.2 Å². The number of rotatable bonds is 5. The van der Waals surface area contributed by atoms with E-state index >= 15 is 0 Å². The molecule has 9 nitrogen and oxygen atoms in total. The Morgan fingerprint density at radius 3 is 2.58 bits per heavy atom. The molecule has 33 heavy (non-hydrogen) atoms. The standard InChI is InChI=1S/C22H27F2N7O2/c1-22(2,3)29-19-25-12-16-18(28-19)31(15-7-9-30(10-8-15)21(32)33)20(27-16)26-14-6-4-5-13(11-14)17(23)24/h4-6,11-12,15,17H,7-10H2,1-3H3,(H,26,27)(H,32,33)(H,25,28,29). The first-order valence-corrected chi connectivity index (χ1v) is 10.8. The number of amides is 1. The third kappa shape index (κ3) is 5.12. The van der Waals surface area contributed by atoms with Gasteiger partial charge in [-0.1, -0.05) is 12.1 Å². The second-order valence-electron chi connectivity index (χ2n) is 9.13. The zero-order chi connectivity index (χ0) is 23.8. The molecule has 3 N–H and O–H groups in total. The van der Waals surface area contributed by atoms with E-state index in [0.29, 0.717) is 54.7 Å². The minimum absolute atomic E-state index is 0.0660. The van der Waals surface area contributed by atoms with Crippen LogP contribution >= 0.6 is 0 Å². The molecule has 1 fully saturated rings. The van der Waals surface area contributed by atoms with Crippen LogP contribution in [0.1, 0.15) is 51.6 Å². The molecule has 0 radical (unpaired) electrons. The molecule has 3 heterocycles. The summed E-state index contributed by atoms with van der Waals surface area (Å²) in [4.78, 5) is 26.4. The number of hydrogen-bond acceptors (Lipinski definition) is 6. The molecule has 1 aliphatic rings. The zero-order valence-corrected chi connectivity index (χ0v) is 18.7. The van der Waals surface area contributed by atoms with Gasteiger partial charge in [0.2, 0.25) is 11.9 Å². The molecule has 0 bridgehead atoms. The quantitative estimate of drug-likeness (QED) is 0.491. The Labute approximate surface area is 189 Å². The van der Waals surface area contributed by atoms with Gasteiger partial charge in [0, 0.05) is 35.9 Å². The van der Waals surface area contributed by atoms with E-state index in [4.69, 9.17) is 0 Å². The van der Waals surface area contributed by atoms with Crippen LogP contribution in [0.25, 0.3) is 11.2 Å². The average Bonchev–Trinajstić information content (AvgIpc) is 3.09. The maximum Gasteiger partial charge on any atom is 0.407 e.